The summed E-state index contributed by atoms with van der Waals surface area (Å²) in [6.07, 6.45) is 6.44. The summed E-state index contributed by atoms with van der Waals surface area (Å²) >= 11 is 1.81. The third-order valence-corrected chi connectivity index (χ3v) is 6.17. The molecule has 1 unspecified atom stereocenters. The second-order valence-electron chi connectivity index (χ2n) is 6.42. The van der Waals surface area contributed by atoms with Gasteiger partial charge in [-0.25, -0.2) is 4.98 Å². The lowest BCUT2D eigenvalue weighted by Crippen LogP contribution is -2.39. The number of thiazole rings is 1. The summed E-state index contributed by atoms with van der Waals surface area (Å²) in [4.78, 5) is 7.36. The van der Waals surface area contributed by atoms with Crippen molar-refractivity contribution in [1.29, 1.82) is 0 Å². The molecule has 0 spiro atoms. The normalized spacial score (nSPS) is 19.7. The standard InChI is InChI=1S/C17H31N3S/c1-5-10-18-14(4)15-13-21-16(19-15)20-11-8-17(6-2,7-3)9-12-20/h13-14,18H,5-12H2,1-4H3. The molecule has 2 rings (SSSR count). The zero-order chi connectivity index (χ0) is 15.3. The summed E-state index contributed by atoms with van der Waals surface area (Å²) in [5.41, 5.74) is 1.79. The highest BCUT2D eigenvalue weighted by Gasteiger charge is 2.32. The minimum absolute atomic E-state index is 0.366. The van der Waals surface area contributed by atoms with Gasteiger partial charge in [0.2, 0.25) is 0 Å². The summed E-state index contributed by atoms with van der Waals surface area (Å²) in [5.74, 6) is 0. The smallest absolute Gasteiger partial charge is 0.185 e. The quantitative estimate of drug-likeness (QED) is 0.797. The van der Waals surface area contributed by atoms with Crippen molar-refractivity contribution in [1.82, 2.24) is 10.3 Å². The van der Waals surface area contributed by atoms with Gasteiger partial charge in [-0.15, -0.1) is 11.3 Å². The molecule has 0 radical (unpaired) electrons. The van der Waals surface area contributed by atoms with Crippen molar-refractivity contribution in [3.05, 3.63) is 11.1 Å². The van der Waals surface area contributed by atoms with E-state index in [1.165, 1.54) is 56.0 Å². The molecule has 1 aliphatic rings. The molecule has 1 aromatic heterocycles. The molecule has 120 valence electrons. The fourth-order valence-electron chi connectivity index (χ4n) is 3.22. The molecule has 3 nitrogen and oxygen atoms in total. The zero-order valence-corrected chi connectivity index (χ0v) is 14.9. The van der Waals surface area contributed by atoms with Gasteiger partial charge in [0.25, 0.3) is 0 Å². The van der Waals surface area contributed by atoms with Crippen LogP contribution in [0.5, 0.6) is 0 Å². The number of hydrogen-bond acceptors (Lipinski definition) is 4. The third-order valence-electron chi connectivity index (χ3n) is 5.25. The Morgan fingerprint density at radius 2 is 1.95 bits per heavy atom. The van der Waals surface area contributed by atoms with Crippen LogP contribution in [0.2, 0.25) is 0 Å². The molecule has 1 N–H and O–H groups in total. The zero-order valence-electron chi connectivity index (χ0n) is 14.1. The minimum Gasteiger partial charge on any atom is -0.348 e. The molecule has 0 aromatic carbocycles. The van der Waals surface area contributed by atoms with E-state index in [0.717, 1.165) is 6.54 Å². The van der Waals surface area contributed by atoms with Crippen LogP contribution in [-0.4, -0.2) is 24.6 Å². The number of aromatic nitrogens is 1. The van der Waals surface area contributed by atoms with E-state index in [2.05, 4.69) is 43.3 Å². The highest BCUT2D eigenvalue weighted by molar-refractivity contribution is 7.13. The fraction of sp³-hybridized carbons (Fsp3) is 0.824. The SMILES string of the molecule is CCCNC(C)c1csc(N2CCC(CC)(CC)CC2)n1. The number of hydrogen-bond donors (Lipinski definition) is 1. The average Bonchev–Trinajstić information content (AvgIpc) is 3.02. The fourth-order valence-corrected chi connectivity index (χ4v) is 4.19. The first-order valence-corrected chi connectivity index (χ1v) is 9.46. The Bertz CT molecular complexity index is 415. The average molecular weight is 310 g/mol. The van der Waals surface area contributed by atoms with Crippen LogP contribution >= 0.6 is 11.3 Å². The Labute approximate surface area is 134 Å². The molecular weight excluding hydrogens is 278 g/mol. The molecule has 0 bridgehead atoms. The van der Waals surface area contributed by atoms with E-state index in [4.69, 9.17) is 4.98 Å². The number of piperidine rings is 1. The Kier molecular flexibility index (Phi) is 6.06. The van der Waals surface area contributed by atoms with Gasteiger partial charge in [0.05, 0.1) is 5.69 Å². The number of anilines is 1. The van der Waals surface area contributed by atoms with E-state index in [1.54, 1.807) is 0 Å². The van der Waals surface area contributed by atoms with Crippen molar-refractivity contribution < 1.29 is 0 Å². The van der Waals surface area contributed by atoms with Gasteiger partial charge in [0, 0.05) is 24.5 Å². The summed E-state index contributed by atoms with van der Waals surface area (Å²) in [6, 6.07) is 0.366. The van der Waals surface area contributed by atoms with Gasteiger partial charge in [-0.05, 0) is 38.1 Å². The van der Waals surface area contributed by atoms with E-state index < -0.39 is 0 Å². The number of nitrogens with one attached hydrogen (secondary N) is 1. The Morgan fingerprint density at radius 3 is 2.52 bits per heavy atom. The number of rotatable bonds is 7. The van der Waals surface area contributed by atoms with Crippen LogP contribution < -0.4 is 10.2 Å². The first kappa shape index (κ1) is 16.8. The van der Waals surface area contributed by atoms with E-state index >= 15 is 0 Å². The monoisotopic (exact) mass is 309 g/mol. The molecular formula is C17H31N3S. The number of nitrogens with zero attached hydrogens (tertiary/aromatic N) is 2. The lowest BCUT2D eigenvalue weighted by molar-refractivity contribution is 0.199. The second kappa shape index (κ2) is 7.59. The predicted molar refractivity (Wildman–Crippen MR) is 93.3 cm³/mol. The van der Waals surface area contributed by atoms with E-state index in [0.29, 0.717) is 11.5 Å². The van der Waals surface area contributed by atoms with Crippen LogP contribution in [0.3, 0.4) is 0 Å². The summed E-state index contributed by atoms with van der Waals surface area (Å²) in [6.45, 7) is 12.5. The van der Waals surface area contributed by atoms with Crippen LogP contribution in [0.25, 0.3) is 0 Å². The van der Waals surface area contributed by atoms with Crippen molar-refractivity contribution in [2.24, 2.45) is 5.41 Å². The third kappa shape index (κ3) is 3.98. The van der Waals surface area contributed by atoms with E-state index in [9.17, 15) is 0 Å². The van der Waals surface area contributed by atoms with Crippen molar-refractivity contribution in [2.45, 2.75) is 65.8 Å². The second-order valence-corrected chi connectivity index (χ2v) is 7.26. The van der Waals surface area contributed by atoms with Gasteiger partial charge in [-0.1, -0.05) is 33.6 Å². The first-order valence-electron chi connectivity index (χ1n) is 8.58. The highest BCUT2D eigenvalue weighted by Crippen LogP contribution is 2.39. The Hall–Kier alpha value is -0.610. The van der Waals surface area contributed by atoms with E-state index in [1.807, 2.05) is 11.3 Å². The molecule has 1 saturated heterocycles. The topological polar surface area (TPSA) is 28.2 Å². The van der Waals surface area contributed by atoms with Crippen molar-refractivity contribution in [3.8, 4) is 0 Å². The summed E-state index contributed by atoms with van der Waals surface area (Å²) in [5, 5.41) is 6.97. The molecule has 0 saturated carbocycles. The van der Waals surface area contributed by atoms with Crippen LogP contribution in [0, 0.1) is 5.41 Å². The highest BCUT2D eigenvalue weighted by atomic mass is 32.1. The predicted octanol–water partition coefficient (Wildman–Crippen LogP) is 4.61. The lowest BCUT2D eigenvalue weighted by atomic mass is 9.74. The molecule has 1 atom stereocenters. The molecule has 0 aliphatic carbocycles. The van der Waals surface area contributed by atoms with Gasteiger partial charge < -0.3 is 10.2 Å². The minimum atomic E-state index is 0.366. The maximum atomic E-state index is 4.87. The van der Waals surface area contributed by atoms with Crippen molar-refractivity contribution >= 4 is 16.5 Å². The van der Waals surface area contributed by atoms with Crippen LogP contribution in [-0.2, 0) is 0 Å². The maximum absolute atomic E-state index is 4.87. The van der Waals surface area contributed by atoms with Crippen molar-refractivity contribution in [2.75, 3.05) is 24.5 Å². The summed E-state index contributed by atoms with van der Waals surface area (Å²) < 4.78 is 0. The van der Waals surface area contributed by atoms with Crippen LogP contribution in [0.4, 0.5) is 5.13 Å². The molecule has 1 aromatic rings. The van der Waals surface area contributed by atoms with Gasteiger partial charge in [0.1, 0.15) is 0 Å². The van der Waals surface area contributed by atoms with Crippen LogP contribution in [0.15, 0.2) is 5.38 Å². The maximum Gasteiger partial charge on any atom is 0.185 e. The molecule has 21 heavy (non-hydrogen) atoms. The lowest BCUT2D eigenvalue weighted by Gasteiger charge is -2.41. The molecule has 1 fully saturated rings. The molecule has 2 heterocycles. The largest absolute Gasteiger partial charge is 0.348 e. The van der Waals surface area contributed by atoms with Gasteiger partial charge >= 0.3 is 0 Å². The van der Waals surface area contributed by atoms with Crippen molar-refractivity contribution in [3.63, 3.8) is 0 Å². The van der Waals surface area contributed by atoms with Crippen LogP contribution in [0.1, 0.15) is 71.5 Å². The first-order chi connectivity index (χ1) is 10.1. The molecule has 4 heteroatoms. The molecule has 0 amide bonds. The van der Waals surface area contributed by atoms with Gasteiger partial charge in [-0.2, -0.15) is 0 Å². The Morgan fingerprint density at radius 1 is 1.29 bits per heavy atom. The van der Waals surface area contributed by atoms with Gasteiger partial charge in [-0.3, -0.25) is 0 Å². The van der Waals surface area contributed by atoms with E-state index in [-0.39, 0.29) is 0 Å². The van der Waals surface area contributed by atoms with Gasteiger partial charge in [0.15, 0.2) is 5.13 Å². The molecule has 1 aliphatic heterocycles. The summed E-state index contributed by atoms with van der Waals surface area (Å²) in [7, 11) is 0. The Balaban J connectivity index is 1.94.